The number of hydrogen-bond acceptors (Lipinski definition) is 3. The first-order valence-electron chi connectivity index (χ1n) is 4.99. The summed E-state index contributed by atoms with van der Waals surface area (Å²) in [6.07, 6.45) is 4.59. The summed E-state index contributed by atoms with van der Waals surface area (Å²) in [4.78, 5) is 4.62. The van der Waals surface area contributed by atoms with E-state index in [2.05, 4.69) is 17.3 Å². The van der Waals surface area contributed by atoms with Gasteiger partial charge in [-0.05, 0) is 25.7 Å². The molecule has 1 heterocycles. The maximum absolute atomic E-state index is 5.75. The van der Waals surface area contributed by atoms with E-state index >= 15 is 0 Å². The molecule has 1 fully saturated rings. The Morgan fingerprint density at radius 2 is 2.38 bits per heavy atom. The molecule has 1 saturated carbocycles. The Hall–Kier alpha value is -0.410. The molecule has 1 aromatic heterocycles. The predicted molar refractivity (Wildman–Crippen MR) is 56.1 cm³/mol. The van der Waals surface area contributed by atoms with E-state index in [0.29, 0.717) is 12.0 Å². The monoisotopic (exact) mass is 196 g/mol. The Morgan fingerprint density at radius 3 is 3.00 bits per heavy atom. The maximum atomic E-state index is 5.75. The van der Waals surface area contributed by atoms with Crippen molar-refractivity contribution in [1.29, 1.82) is 0 Å². The summed E-state index contributed by atoms with van der Waals surface area (Å²) in [7, 11) is 0. The summed E-state index contributed by atoms with van der Waals surface area (Å²) in [6.45, 7) is 2.19. The summed E-state index contributed by atoms with van der Waals surface area (Å²) in [5, 5.41) is 3.50. The summed E-state index contributed by atoms with van der Waals surface area (Å²) in [6, 6.07) is 0.432. The Morgan fingerprint density at radius 1 is 1.62 bits per heavy atom. The molecule has 0 atom stereocenters. The molecule has 0 amide bonds. The number of rotatable bonds is 3. The van der Waals surface area contributed by atoms with E-state index < -0.39 is 0 Å². The van der Waals surface area contributed by atoms with Gasteiger partial charge in [0.05, 0.1) is 10.7 Å². The minimum atomic E-state index is 0.432. The van der Waals surface area contributed by atoms with E-state index in [1.54, 1.807) is 11.3 Å². The molecular formula is C10H16N2S. The molecule has 0 aromatic carbocycles. The lowest BCUT2D eigenvalue weighted by atomic mass is 9.79. The first-order valence-corrected chi connectivity index (χ1v) is 5.87. The molecule has 72 valence electrons. The van der Waals surface area contributed by atoms with Crippen molar-refractivity contribution in [2.75, 3.05) is 0 Å². The third-order valence-corrected chi connectivity index (χ3v) is 3.55. The van der Waals surface area contributed by atoms with Crippen LogP contribution in [0.15, 0.2) is 5.38 Å². The Bertz CT molecular complexity index is 276. The average molecular weight is 196 g/mol. The van der Waals surface area contributed by atoms with Gasteiger partial charge in [0.2, 0.25) is 0 Å². The van der Waals surface area contributed by atoms with Crippen LogP contribution in [0, 0.1) is 0 Å². The molecule has 2 nitrogen and oxygen atoms in total. The van der Waals surface area contributed by atoms with Crippen LogP contribution in [0.1, 0.15) is 42.8 Å². The van der Waals surface area contributed by atoms with Crippen LogP contribution in [0.5, 0.6) is 0 Å². The quantitative estimate of drug-likeness (QED) is 0.805. The first-order chi connectivity index (χ1) is 6.29. The molecule has 0 aliphatic heterocycles. The second-order valence-corrected chi connectivity index (χ2v) is 4.79. The Balaban J connectivity index is 1.97. The summed E-state index contributed by atoms with van der Waals surface area (Å²) >= 11 is 1.80. The van der Waals surface area contributed by atoms with E-state index in [-0.39, 0.29) is 0 Å². The standard InChI is InChI=1S/C10H16N2S/c1-2-3-10-12-9(6-13-10)7-4-8(11)5-7/h6-8H,2-5,11H2,1H3. The minimum Gasteiger partial charge on any atom is -0.328 e. The van der Waals surface area contributed by atoms with Gasteiger partial charge < -0.3 is 5.73 Å². The van der Waals surface area contributed by atoms with Crippen molar-refractivity contribution < 1.29 is 0 Å². The topological polar surface area (TPSA) is 38.9 Å². The van der Waals surface area contributed by atoms with Crippen LogP contribution in [0.3, 0.4) is 0 Å². The van der Waals surface area contributed by atoms with E-state index in [1.165, 1.54) is 17.1 Å². The highest BCUT2D eigenvalue weighted by Gasteiger charge is 2.28. The highest BCUT2D eigenvalue weighted by molar-refractivity contribution is 7.09. The molecule has 0 bridgehead atoms. The fourth-order valence-electron chi connectivity index (χ4n) is 1.74. The molecule has 0 radical (unpaired) electrons. The van der Waals surface area contributed by atoms with Crippen molar-refractivity contribution in [2.45, 2.75) is 44.6 Å². The Kier molecular flexibility index (Phi) is 2.65. The van der Waals surface area contributed by atoms with Crippen molar-refractivity contribution in [1.82, 2.24) is 4.98 Å². The fourth-order valence-corrected chi connectivity index (χ4v) is 2.73. The Labute approximate surface area is 83.2 Å². The molecule has 1 aliphatic rings. The van der Waals surface area contributed by atoms with Gasteiger partial charge in [-0.2, -0.15) is 0 Å². The van der Waals surface area contributed by atoms with Crippen molar-refractivity contribution in [2.24, 2.45) is 5.73 Å². The number of thiazole rings is 1. The SMILES string of the molecule is CCCc1nc(C2CC(N)C2)cs1. The lowest BCUT2D eigenvalue weighted by Crippen LogP contribution is -2.34. The van der Waals surface area contributed by atoms with Crippen molar-refractivity contribution in [3.05, 3.63) is 16.1 Å². The zero-order valence-corrected chi connectivity index (χ0v) is 8.81. The van der Waals surface area contributed by atoms with Crippen LogP contribution in [-0.4, -0.2) is 11.0 Å². The van der Waals surface area contributed by atoms with Gasteiger partial charge in [-0.25, -0.2) is 4.98 Å². The molecule has 2 N–H and O–H groups in total. The number of nitrogens with two attached hydrogens (primary N) is 1. The number of nitrogens with zero attached hydrogens (tertiary/aromatic N) is 1. The second kappa shape index (κ2) is 3.76. The van der Waals surface area contributed by atoms with Gasteiger partial charge in [0.15, 0.2) is 0 Å². The van der Waals surface area contributed by atoms with Crippen LogP contribution >= 0.6 is 11.3 Å². The third-order valence-electron chi connectivity index (χ3n) is 2.63. The van der Waals surface area contributed by atoms with Gasteiger partial charge in [-0.15, -0.1) is 11.3 Å². The van der Waals surface area contributed by atoms with Crippen LogP contribution in [0.25, 0.3) is 0 Å². The van der Waals surface area contributed by atoms with Crippen molar-refractivity contribution in [3.8, 4) is 0 Å². The second-order valence-electron chi connectivity index (χ2n) is 3.84. The number of hydrogen-bond donors (Lipinski definition) is 1. The van der Waals surface area contributed by atoms with Gasteiger partial charge in [0.1, 0.15) is 0 Å². The molecule has 2 rings (SSSR count). The molecule has 0 saturated heterocycles. The highest BCUT2D eigenvalue weighted by Crippen LogP contribution is 2.35. The third kappa shape index (κ3) is 1.92. The van der Waals surface area contributed by atoms with E-state index in [4.69, 9.17) is 5.73 Å². The number of aromatic nitrogens is 1. The molecule has 1 aliphatic carbocycles. The lowest BCUT2D eigenvalue weighted by molar-refractivity contribution is 0.346. The van der Waals surface area contributed by atoms with Crippen LogP contribution in [0.2, 0.25) is 0 Å². The van der Waals surface area contributed by atoms with Gasteiger partial charge in [0, 0.05) is 17.3 Å². The van der Waals surface area contributed by atoms with E-state index in [0.717, 1.165) is 19.3 Å². The maximum Gasteiger partial charge on any atom is 0.0928 e. The molecule has 0 unspecified atom stereocenters. The predicted octanol–water partition coefficient (Wildman–Crippen LogP) is 2.30. The van der Waals surface area contributed by atoms with Crippen LogP contribution < -0.4 is 5.73 Å². The molecular weight excluding hydrogens is 180 g/mol. The fraction of sp³-hybridized carbons (Fsp3) is 0.700. The zero-order chi connectivity index (χ0) is 9.26. The summed E-state index contributed by atoms with van der Waals surface area (Å²) in [5.41, 5.74) is 7.03. The average Bonchev–Trinajstić information content (AvgIpc) is 2.48. The largest absolute Gasteiger partial charge is 0.328 e. The summed E-state index contributed by atoms with van der Waals surface area (Å²) < 4.78 is 0. The summed E-state index contributed by atoms with van der Waals surface area (Å²) in [5.74, 6) is 0.664. The van der Waals surface area contributed by atoms with Gasteiger partial charge in [-0.3, -0.25) is 0 Å². The molecule has 1 aromatic rings. The van der Waals surface area contributed by atoms with Gasteiger partial charge >= 0.3 is 0 Å². The highest BCUT2D eigenvalue weighted by atomic mass is 32.1. The zero-order valence-electron chi connectivity index (χ0n) is 7.99. The van der Waals surface area contributed by atoms with E-state index in [1.807, 2.05) is 0 Å². The van der Waals surface area contributed by atoms with E-state index in [9.17, 15) is 0 Å². The minimum absolute atomic E-state index is 0.432. The number of aryl methyl sites for hydroxylation is 1. The molecule has 0 spiro atoms. The smallest absolute Gasteiger partial charge is 0.0928 e. The normalized spacial score (nSPS) is 27.2. The van der Waals surface area contributed by atoms with Crippen molar-refractivity contribution >= 4 is 11.3 Å². The van der Waals surface area contributed by atoms with Crippen molar-refractivity contribution in [3.63, 3.8) is 0 Å². The van der Waals surface area contributed by atoms with Crippen LogP contribution in [0.4, 0.5) is 0 Å². The van der Waals surface area contributed by atoms with Crippen LogP contribution in [-0.2, 0) is 6.42 Å². The first kappa shape index (κ1) is 9.16. The lowest BCUT2D eigenvalue weighted by Gasteiger charge is -2.30. The molecule has 13 heavy (non-hydrogen) atoms. The van der Waals surface area contributed by atoms with Gasteiger partial charge in [0.25, 0.3) is 0 Å². The van der Waals surface area contributed by atoms with Gasteiger partial charge in [-0.1, -0.05) is 6.92 Å². The molecule has 3 heteroatoms.